The first-order valence-corrected chi connectivity index (χ1v) is 7.79. The number of hydrazone groups is 1. The van der Waals surface area contributed by atoms with Gasteiger partial charge < -0.3 is 4.74 Å². The molecule has 0 aliphatic heterocycles. The Kier molecular flexibility index (Phi) is 6.28. The molecule has 0 saturated heterocycles. The normalized spacial score (nSPS) is 12.2. The minimum Gasteiger partial charge on any atom is -0.481 e. The zero-order chi connectivity index (χ0) is 16.8. The highest BCUT2D eigenvalue weighted by molar-refractivity contribution is 6.36. The fourth-order valence-corrected chi connectivity index (χ4v) is 2.30. The van der Waals surface area contributed by atoms with Crippen LogP contribution in [0.4, 0.5) is 0 Å². The number of carbonyl (C=O) groups excluding carboxylic acids is 1. The molecule has 0 heterocycles. The first-order chi connectivity index (χ1) is 11.0. The van der Waals surface area contributed by atoms with E-state index in [0.29, 0.717) is 26.4 Å². The molecule has 2 aromatic carbocycles. The molecule has 0 unspecified atom stereocenters. The van der Waals surface area contributed by atoms with Crippen LogP contribution in [0.2, 0.25) is 15.1 Å². The molecular formula is C16H13Cl3N2O2. The van der Waals surface area contributed by atoms with Crippen LogP contribution in [0.15, 0.2) is 47.6 Å². The van der Waals surface area contributed by atoms with Crippen LogP contribution < -0.4 is 10.2 Å². The molecule has 0 fully saturated rings. The topological polar surface area (TPSA) is 50.7 Å². The van der Waals surface area contributed by atoms with Crippen molar-refractivity contribution in [1.82, 2.24) is 5.43 Å². The fraction of sp³-hybridized carbons (Fsp3) is 0.125. The highest BCUT2D eigenvalue weighted by Gasteiger charge is 2.14. The van der Waals surface area contributed by atoms with E-state index in [1.165, 1.54) is 6.21 Å². The van der Waals surface area contributed by atoms with Gasteiger partial charge in [0.1, 0.15) is 5.75 Å². The minimum atomic E-state index is -0.730. The van der Waals surface area contributed by atoms with Gasteiger partial charge in [-0.15, -0.1) is 0 Å². The van der Waals surface area contributed by atoms with E-state index < -0.39 is 12.0 Å². The Balaban J connectivity index is 1.92. The van der Waals surface area contributed by atoms with Gasteiger partial charge in [-0.25, -0.2) is 5.43 Å². The van der Waals surface area contributed by atoms with Crippen LogP contribution in [0.25, 0.3) is 0 Å². The first kappa shape index (κ1) is 17.6. The quantitative estimate of drug-likeness (QED) is 0.618. The van der Waals surface area contributed by atoms with Crippen molar-refractivity contribution in [3.05, 3.63) is 63.1 Å². The molecule has 1 atom stereocenters. The molecule has 0 radical (unpaired) electrons. The summed E-state index contributed by atoms with van der Waals surface area (Å²) in [5.41, 5.74) is 3.03. The maximum absolute atomic E-state index is 11.9. The molecule has 4 nitrogen and oxygen atoms in total. The summed E-state index contributed by atoms with van der Waals surface area (Å²) < 4.78 is 5.49. The van der Waals surface area contributed by atoms with Gasteiger partial charge in [-0.1, -0.05) is 46.9 Å². The average molecular weight is 372 g/mol. The van der Waals surface area contributed by atoms with E-state index in [4.69, 9.17) is 39.5 Å². The lowest BCUT2D eigenvalue weighted by Gasteiger charge is -2.12. The second-order valence-electron chi connectivity index (χ2n) is 4.62. The summed E-state index contributed by atoms with van der Waals surface area (Å²) in [6.45, 7) is 1.61. The lowest BCUT2D eigenvalue weighted by Crippen LogP contribution is -2.33. The third-order valence-corrected chi connectivity index (χ3v) is 3.62. The number of nitrogens with zero attached hydrogens (tertiary/aromatic N) is 1. The number of halogens is 3. The van der Waals surface area contributed by atoms with Gasteiger partial charge in [0.05, 0.1) is 11.2 Å². The van der Waals surface area contributed by atoms with Gasteiger partial charge in [-0.2, -0.15) is 5.10 Å². The van der Waals surface area contributed by atoms with Crippen LogP contribution in [0, 0.1) is 0 Å². The van der Waals surface area contributed by atoms with E-state index in [0.717, 1.165) is 0 Å². The smallest absolute Gasteiger partial charge is 0.280 e. The zero-order valence-corrected chi connectivity index (χ0v) is 14.4. The summed E-state index contributed by atoms with van der Waals surface area (Å²) in [4.78, 5) is 11.9. The van der Waals surface area contributed by atoms with E-state index in [2.05, 4.69) is 10.5 Å². The van der Waals surface area contributed by atoms with E-state index in [-0.39, 0.29) is 0 Å². The van der Waals surface area contributed by atoms with E-state index in [1.807, 2.05) is 0 Å². The van der Waals surface area contributed by atoms with Gasteiger partial charge in [0.15, 0.2) is 6.10 Å². The van der Waals surface area contributed by atoms with E-state index in [1.54, 1.807) is 49.4 Å². The second-order valence-corrected chi connectivity index (χ2v) is 5.90. The molecule has 1 N–H and O–H groups in total. The average Bonchev–Trinajstić information content (AvgIpc) is 2.49. The largest absolute Gasteiger partial charge is 0.481 e. The number of hydrogen-bond donors (Lipinski definition) is 1. The van der Waals surface area contributed by atoms with Crippen LogP contribution in [0.5, 0.6) is 5.75 Å². The predicted octanol–water partition coefficient (Wildman–Crippen LogP) is 4.56. The van der Waals surface area contributed by atoms with Gasteiger partial charge in [0.2, 0.25) is 0 Å². The van der Waals surface area contributed by atoms with Crippen LogP contribution in [-0.4, -0.2) is 18.2 Å². The van der Waals surface area contributed by atoms with Crippen molar-refractivity contribution >= 4 is 46.9 Å². The van der Waals surface area contributed by atoms with Crippen molar-refractivity contribution in [2.45, 2.75) is 13.0 Å². The monoisotopic (exact) mass is 370 g/mol. The van der Waals surface area contributed by atoms with Crippen LogP contribution in [0.3, 0.4) is 0 Å². The summed E-state index contributed by atoms with van der Waals surface area (Å²) in [7, 11) is 0. The molecule has 0 aliphatic carbocycles. The molecule has 23 heavy (non-hydrogen) atoms. The molecular weight excluding hydrogens is 359 g/mol. The zero-order valence-electron chi connectivity index (χ0n) is 12.1. The van der Waals surface area contributed by atoms with Crippen molar-refractivity contribution in [2.75, 3.05) is 0 Å². The lowest BCUT2D eigenvalue weighted by atomic mass is 10.2. The fourth-order valence-electron chi connectivity index (χ4n) is 1.66. The summed E-state index contributed by atoms with van der Waals surface area (Å²) in [5.74, 6) is 0.108. The Bertz CT molecular complexity index is 735. The number of hydrogen-bond acceptors (Lipinski definition) is 3. The van der Waals surface area contributed by atoms with E-state index in [9.17, 15) is 4.79 Å². The van der Waals surface area contributed by atoms with Gasteiger partial charge >= 0.3 is 0 Å². The van der Waals surface area contributed by atoms with Gasteiger partial charge in [0, 0.05) is 15.6 Å². The Hall–Kier alpha value is -1.75. The highest BCUT2D eigenvalue weighted by atomic mass is 35.5. The molecule has 0 bridgehead atoms. The predicted molar refractivity (Wildman–Crippen MR) is 93.7 cm³/mol. The van der Waals surface area contributed by atoms with Crippen molar-refractivity contribution in [3.63, 3.8) is 0 Å². The second kappa shape index (κ2) is 8.20. The molecule has 0 spiro atoms. The number of ether oxygens (including phenoxy) is 1. The third-order valence-electron chi connectivity index (χ3n) is 2.82. The number of rotatable bonds is 5. The van der Waals surface area contributed by atoms with Crippen LogP contribution in [0.1, 0.15) is 12.5 Å². The van der Waals surface area contributed by atoms with Crippen molar-refractivity contribution in [1.29, 1.82) is 0 Å². The van der Waals surface area contributed by atoms with Crippen molar-refractivity contribution in [3.8, 4) is 5.75 Å². The van der Waals surface area contributed by atoms with Crippen LogP contribution >= 0.6 is 34.8 Å². The number of amides is 1. The molecule has 0 saturated carbocycles. The standard InChI is InChI=1S/C16H13Cl3N2O2/c1-10(23-14-4-2-3-12(17)7-14)16(22)21-20-9-11-5-6-13(18)8-15(11)19/h2-10H,1H3,(H,21,22)/b20-9-/t10-/m1/s1. The number of carbonyl (C=O) groups is 1. The third kappa shape index (κ3) is 5.43. The Morgan fingerprint density at radius 3 is 2.61 bits per heavy atom. The molecule has 120 valence electrons. The Morgan fingerprint density at radius 1 is 1.17 bits per heavy atom. The highest BCUT2D eigenvalue weighted by Crippen LogP contribution is 2.20. The summed E-state index contributed by atoms with van der Waals surface area (Å²) in [6.07, 6.45) is 0.703. The number of benzene rings is 2. The van der Waals surface area contributed by atoms with Gasteiger partial charge in [-0.05, 0) is 37.3 Å². The van der Waals surface area contributed by atoms with Crippen LogP contribution in [-0.2, 0) is 4.79 Å². The molecule has 2 aromatic rings. The van der Waals surface area contributed by atoms with E-state index >= 15 is 0 Å². The van der Waals surface area contributed by atoms with Gasteiger partial charge in [0.25, 0.3) is 5.91 Å². The minimum absolute atomic E-state index is 0.397. The molecule has 0 aliphatic rings. The Labute approximate surface area is 149 Å². The van der Waals surface area contributed by atoms with Crippen molar-refractivity contribution < 1.29 is 9.53 Å². The van der Waals surface area contributed by atoms with Crippen molar-refractivity contribution in [2.24, 2.45) is 5.10 Å². The summed E-state index contributed by atoms with van der Waals surface area (Å²) in [5, 5.41) is 5.36. The maximum Gasteiger partial charge on any atom is 0.280 e. The summed E-state index contributed by atoms with van der Waals surface area (Å²) in [6, 6.07) is 11.8. The molecule has 0 aromatic heterocycles. The maximum atomic E-state index is 11.9. The van der Waals surface area contributed by atoms with Gasteiger partial charge in [-0.3, -0.25) is 4.79 Å². The lowest BCUT2D eigenvalue weighted by molar-refractivity contribution is -0.127. The molecule has 2 rings (SSSR count). The Morgan fingerprint density at radius 2 is 1.91 bits per heavy atom. The first-order valence-electron chi connectivity index (χ1n) is 6.66. The molecule has 1 amide bonds. The SMILES string of the molecule is C[C@@H](Oc1cccc(Cl)c1)C(=O)N/N=C\c1ccc(Cl)cc1Cl. The molecule has 7 heteroatoms. The number of nitrogens with one attached hydrogen (secondary N) is 1. The summed E-state index contributed by atoms with van der Waals surface area (Å²) >= 11 is 17.7.